The van der Waals surface area contributed by atoms with E-state index < -0.39 is 17.5 Å². The van der Waals surface area contributed by atoms with Crippen molar-refractivity contribution in [3.8, 4) is 0 Å². The molecule has 3 N–H and O–H groups in total. The Bertz CT molecular complexity index is 672. The smallest absolute Gasteiger partial charge is 0.257 e. The molecule has 0 aliphatic carbocycles. The van der Waals surface area contributed by atoms with Gasteiger partial charge in [0, 0.05) is 20.7 Å². The van der Waals surface area contributed by atoms with Crippen molar-refractivity contribution in [3.05, 3.63) is 56.5 Å². The molecule has 3 nitrogen and oxygen atoms in total. The predicted octanol–water partition coefficient (Wildman–Crippen LogP) is 4.32. The maximum absolute atomic E-state index is 13.2. The van der Waals surface area contributed by atoms with Gasteiger partial charge in [0.05, 0.1) is 11.3 Å². The first-order valence-corrected chi connectivity index (χ1v) is 6.98. The maximum Gasteiger partial charge on any atom is 0.257 e. The first kappa shape index (κ1) is 14.9. The molecular weight excluding hydrogens is 398 g/mol. The van der Waals surface area contributed by atoms with Gasteiger partial charge >= 0.3 is 0 Å². The van der Waals surface area contributed by atoms with Crippen LogP contribution in [0.15, 0.2) is 39.3 Å². The van der Waals surface area contributed by atoms with Crippen molar-refractivity contribution in [1.82, 2.24) is 0 Å². The van der Waals surface area contributed by atoms with Crippen molar-refractivity contribution in [2.45, 2.75) is 0 Å². The Morgan fingerprint density at radius 2 is 1.65 bits per heavy atom. The summed E-state index contributed by atoms with van der Waals surface area (Å²) < 4.78 is 27.4. The highest BCUT2D eigenvalue weighted by atomic mass is 79.9. The number of para-hydroxylation sites is 1. The van der Waals surface area contributed by atoms with E-state index in [4.69, 9.17) is 5.73 Å². The second-order valence-corrected chi connectivity index (χ2v) is 5.61. The number of halogens is 4. The Balaban J connectivity index is 2.36. The average Bonchev–Trinajstić information content (AvgIpc) is 2.38. The van der Waals surface area contributed by atoms with Crippen LogP contribution >= 0.6 is 31.9 Å². The van der Waals surface area contributed by atoms with Gasteiger partial charge in [0.15, 0.2) is 11.6 Å². The highest BCUT2D eigenvalue weighted by Crippen LogP contribution is 2.31. The molecule has 0 aliphatic rings. The highest BCUT2D eigenvalue weighted by Gasteiger charge is 2.16. The summed E-state index contributed by atoms with van der Waals surface area (Å²) in [5.74, 6) is -2.86. The lowest BCUT2D eigenvalue weighted by Crippen LogP contribution is -2.15. The third kappa shape index (κ3) is 2.99. The predicted molar refractivity (Wildman–Crippen MR) is 80.6 cm³/mol. The zero-order valence-corrected chi connectivity index (χ0v) is 13.1. The number of hydrogen-bond acceptors (Lipinski definition) is 2. The molecule has 2 rings (SSSR count). The van der Waals surface area contributed by atoms with Crippen molar-refractivity contribution in [2.24, 2.45) is 0 Å². The van der Waals surface area contributed by atoms with E-state index in [1.165, 1.54) is 0 Å². The number of benzene rings is 2. The number of nitrogens with two attached hydrogens (primary N) is 1. The molecule has 2 aromatic carbocycles. The summed E-state index contributed by atoms with van der Waals surface area (Å²) in [7, 11) is 0. The van der Waals surface area contributed by atoms with Gasteiger partial charge in [-0.2, -0.15) is 0 Å². The minimum absolute atomic E-state index is 0.133. The van der Waals surface area contributed by atoms with E-state index in [0.717, 1.165) is 12.1 Å². The minimum atomic E-state index is -1.13. The largest absolute Gasteiger partial charge is 0.398 e. The van der Waals surface area contributed by atoms with Gasteiger partial charge in [0.2, 0.25) is 0 Å². The molecule has 0 fully saturated rings. The summed E-state index contributed by atoms with van der Waals surface area (Å²) >= 11 is 6.57. The Kier molecular flexibility index (Phi) is 4.39. The van der Waals surface area contributed by atoms with E-state index in [-0.39, 0.29) is 11.3 Å². The summed E-state index contributed by atoms with van der Waals surface area (Å²) in [5, 5.41) is 2.58. The Morgan fingerprint density at radius 3 is 2.25 bits per heavy atom. The molecule has 0 aliphatic heterocycles. The van der Waals surface area contributed by atoms with E-state index in [2.05, 4.69) is 37.2 Å². The summed E-state index contributed by atoms with van der Waals surface area (Å²) in [4.78, 5) is 12.1. The van der Waals surface area contributed by atoms with Crippen molar-refractivity contribution in [2.75, 3.05) is 11.1 Å². The molecule has 1 amide bonds. The van der Waals surface area contributed by atoms with Crippen LogP contribution in [0, 0.1) is 11.6 Å². The average molecular weight is 406 g/mol. The number of hydrogen-bond donors (Lipinski definition) is 2. The lowest BCUT2D eigenvalue weighted by molar-refractivity contribution is 0.102. The van der Waals surface area contributed by atoms with Crippen LogP contribution in [0.5, 0.6) is 0 Å². The normalized spacial score (nSPS) is 10.4. The number of nitrogens with one attached hydrogen (secondary N) is 1. The molecule has 7 heteroatoms. The Labute approximate surface area is 130 Å². The molecule has 0 saturated heterocycles. The second kappa shape index (κ2) is 5.88. The van der Waals surface area contributed by atoms with Gasteiger partial charge in [0.25, 0.3) is 5.91 Å². The van der Waals surface area contributed by atoms with Gasteiger partial charge in [-0.15, -0.1) is 0 Å². The summed E-state index contributed by atoms with van der Waals surface area (Å²) in [6.07, 6.45) is 0. The first-order chi connectivity index (χ1) is 9.40. The molecule has 0 heterocycles. The van der Waals surface area contributed by atoms with Crippen LogP contribution < -0.4 is 11.1 Å². The lowest BCUT2D eigenvalue weighted by atomic mass is 10.1. The van der Waals surface area contributed by atoms with Crippen LogP contribution in [0.25, 0.3) is 0 Å². The summed E-state index contributed by atoms with van der Waals surface area (Å²) in [5.41, 5.74) is 5.74. The van der Waals surface area contributed by atoms with E-state index >= 15 is 0 Å². The molecule has 0 spiro atoms. The highest BCUT2D eigenvalue weighted by molar-refractivity contribution is 9.11. The molecule has 0 atom stereocenters. The minimum Gasteiger partial charge on any atom is -0.398 e. The monoisotopic (exact) mass is 404 g/mol. The summed E-state index contributed by atoms with van der Waals surface area (Å²) in [6.45, 7) is 0. The van der Waals surface area contributed by atoms with Gasteiger partial charge < -0.3 is 11.1 Å². The molecule has 0 bridgehead atoms. The van der Waals surface area contributed by atoms with E-state index in [0.29, 0.717) is 14.6 Å². The lowest BCUT2D eigenvalue weighted by Gasteiger charge is -2.11. The first-order valence-electron chi connectivity index (χ1n) is 5.40. The van der Waals surface area contributed by atoms with Gasteiger partial charge in [-0.3, -0.25) is 4.79 Å². The van der Waals surface area contributed by atoms with Crippen LogP contribution in [0.1, 0.15) is 10.4 Å². The fraction of sp³-hybridized carbons (Fsp3) is 0. The van der Waals surface area contributed by atoms with E-state index in [1.54, 1.807) is 18.2 Å². The zero-order chi connectivity index (χ0) is 14.9. The van der Waals surface area contributed by atoms with E-state index in [9.17, 15) is 13.6 Å². The third-order valence-electron chi connectivity index (χ3n) is 2.54. The molecule has 0 aromatic heterocycles. The van der Waals surface area contributed by atoms with Crippen LogP contribution in [0.2, 0.25) is 0 Å². The van der Waals surface area contributed by atoms with E-state index in [1.807, 2.05) is 0 Å². The number of carbonyl (C=O) groups excluding carboxylic acids is 1. The number of rotatable bonds is 2. The molecule has 0 saturated carbocycles. The van der Waals surface area contributed by atoms with Crippen LogP contribution in [0.3, 0.4) is 0 Å². The van der Waals surface area contributed by atoms with Crippen LogP contribution in [-0.4, -0.2) is 5.91 Å². The Morgan fingerprint density at radius 1 is 1.10 bits per heavy atom. The SMILES string of the molecule is Nc1cc(F)c(F)cc1C(=O)Nc1c(Br)cccc1Br. The topological polar surface area (TPSA) is 55.1 Å². The van der Waals surface area contributed by atoms with Crippen LogP contribution in [-0.2, 0) is 0 Å². The van der Waals surface area contributed by atoms with Crippen molar-refractivity contribution in [3.63, 3.8) is 0 Å². The number of amides is 1. The summed E-state index contributed by atoms with van der Waals surface area (Å²) in [6, 6.07) is 6.78. The molecular formula is C13H8Br2F2N2O. The van der Waals surface area contributed by atoms with Gasteiger partial charge in [-0.05, 0) is 50.1 Å². The number of nitrogen functional groups attached to an aromatic ring is 1. The molecule has 104 valence electrons. The second-order valence-electron chi connectivity index (χ2n) is 3.90. The quantitative estimate of drug-likeness (QED) is 0.731. The third-order valence-corrected chi connectivity index (χ3v) is 3.86. The fourth-order valence-corrected chi connectivity index (χ4v) is 2.75. The Hall–Kier alpha value is -1.47. The maximum atomic E-state index is 13.2. The number of carbonyl (C=O) groups is 1. The zero-order valence-electron chi connectivity index (χ0n) is 9.88. The molecule has 0 unspecified atom stereocenters. The van der Waals surface area contributed by atoms with Crippen molar-refractivity contribution in [1.29, 1.82) is 0 Å². The molecule has 0 radical (unpaired) electrons. The van der Waals surface area contributed by atoms with Crippen LogP contribution in [0.4, 0.5) is 20.2 Å². The van der Waals surface area contributed by atoms with Crippen molar-refractivity contribution >= 4 is 49.1 Å². The molecule has 20 heavy (non-hydrogen) atoms. The van der Waals surface area contributed by atoms with Gasteiger partial charge in [0.1, 0.15) is 0 Å². The number of anilines is 2. The standard InChI is InChI=1S/C13H8Br2F2N2O/c14-7-2-1-3-8(15)12(7)19-13(20)6-4-9(16)10(17)5-11(6)18/h1-5H,18H2,(H,19,20). The van der Waals surface area contributed by atoms with Gasteiger partial charge in [-0.25, -0.2) is 8.78 Å². The van der Waals surface area contributed by atoms with Gasteiger partial charge in [-0.1, -0.05) is 6.07 Å². The van der Waals surface area contributed by atoms with Crippen molar-refractivity contribution < 1.29 is 13.6 Å². The molecule has 2 aromatic rings. The fourth-order valence-electron chi connectivity index (χ4n) is 1.56.